The van der Waals surface area contributed by atoms with Gasteiger partial charge in [0.2, 0.25) is 0 Å². The van der Waals surface area contributed by atoms with Crippen LogP contribution in [0.25, 0.3) is 88.4 Å². The van der Waals surface area contributed by atoms with Crippen molar-refractivity contribution in [3.05, 3.63) is 211 Å². The number of furan rings is 2. The van der Waals surface area contributed by atoms with Gasteiger partial charge in [-0.15, -0.1) is 0 Å². The van der Waals surface area contributed by atoms with Gasteiger partial charge in [-0.25, -0.2) is 0 Å². The molecule has 1 aliphatic rings. The van der Waals surface area contributed by atoms with Gasteiger partial charge in [0, 0.05) is 38.3 Å². The van der Waals surface area contributed by atoms with Gasteiger partial charge in [0.15, 0.2) is 5.58 Å². The minimum atomic E-state index is -0.145. The van der Waals surface area contributed by atoms with Crippen LogP contribution in [0.4, 0.5) is 17.1 Å². The highest BCUT2D eigenvalue weighted by molar-refractivity contribution is 6.17. The summed E-state index contributed by atoms with van der Waals surface area (Å²) in [5.41, 5.74) is 18.7. The molecule has 0 radical (unpaired) electrons. The van der Waals surface area contributed by atoms with E-state index in [4.69, 9.17) is 8.83 Å². The van der Waals surface area contributed by atoms with Crippen LogP contribution in [0.3, 0.4) is 0 Å². The van der Waals surface area contributed by atoms with Gasteiger partial charge in [-0.1, -0.05) is 159 Å². The monoisotopic (exact) mass is 769 g/mol. The second-order valence-electron chi connectivity index (χ2n) is 16.5. The number of hydrogen-bond donors (Lipinski definition) is 0. The molecule has 0 aliphatic heterocycles. The highest BCUT2D eigenvalue weighted by Gasteiger charge is 2.36. The molecule has 0 amide bonds. The van der Waals surface area contributed by atoms with Crippen LogP contribution in [0.2, 0.25) is 0 Å². The predicted molar refractivity (Wildman–Crippen MR) is 250 cm³/mol. The molecule has 3 nitrogen and oxygen atoms in total. The fourth-order valence-electron chi connectivity index (χ4n) is 9.59. The van der Waals surface area contributed by atoms with Crippen LogP contribution in [-0.2, 0) is 5.41 Å². The zero-order chi connectivity index (χ0) is 40.0. The van der Waals surface area contributed by atoms with E-state index in [1.807, 2.05) is 6.07 Å². The van der Waals surface area contributed by atoms with Gasteiger partial charge in [0.25, 0.3) is 0 Å². The van der Waals surface area contributed by atoms with Gasteiger partial charge >= 0.3 is 0 Å². The van der Waals surface area contributed by atoms with Crippen molar-refractivity contribution < 1.29 is 8.83 Å². The third kappa shape index (κ3) is 5.36. The first-order chi connectivity index (χ1) is 29.5. The fraction of sp³-hybridized carbons (Fsp3) is 0.0526. The molecule has 0 saturated heterocycles. The molecule has 2 aromatic heterocycles. The first-order valence-electron chi connectivity index (χ1n) is 20.7. The Morgan fingerprint density at radius 1 is 0.350 bits per heavy atom. The van der Waals surface area contributed by atoms with Gasteiger partial charge in [0.05, 0.1) is 5.69 Å². The topological polar surface area (TPSA) is 29.5 Å². The molecule has 2 heterocycles. The van der Waals surface area contributed by atoms with Crippen molar-refractivity contribution in [2.45, 2.75) is 19.3 Å². The normalized spacial score (nSPS) is 13.0. The lowest BCUT2D eigenvalue weighted by molar-refractivity contribution is 0.660. The van der Waals surface area contributed by atoms with Crippen LogP contribution in [-0.4, -0.2) is 0 Å². The average Bonchev–Trinajstić information content (AvgIpc) is 3.93. The zero-order valence-electron chi connectivity index (χ0n) is 33.3. The third-order valence-corrected chi connectivity index (χ3v) is 12.7. The van der Waals surface area contributed by atoms with Gasteiger partial charge in [0.1, 0.15) is 16.7 Å². The van der Waals surface area contributed by atoms with Crippen LogP contribution >= 0.6 is 0 Å². The molecule has 3 heteroatoms. The summed E-state index contributed by atoms with van der Waals surface area (Å²) in [6.45, 7) is 4.68. The quantitative estimate of drug-likeness (QED) is 0.169. The number of hydrogen-bond acceptors (Lipinski definition) is 3. The first kappa shape index (κ1) is 34.4. The molecule has 284 valence electrons. The van der Waals surface area contributed by atoms with E-state index in [0.717, 1.165) is 72.1 Å². The maximum Gasteiger partial charge on any atom is 0.159 e. The second-order valence-corrected chi connectivity index (χ2v) is 16.5. The van der Waals surface area contributed by atoms with Crippen molar-refractivity contribution in [1.82, 2.24) is 0 Å². The van der Waals surface area contributed by atoms with Crippen LogP contribution in [0.5, 0.6) is 0 Å². The van der Waals surface area contributed by atoms with Gasteiger partial charge in [-0.2, -0.15) is 0 Å². The molecule has 60 heavy (non-hydrogen) atoms. The maximum atomic E-state index is 6.97. The Kier molecular flexibility index (Phi) is 7.58. The predicted octanol–water partition coefficient (Wildman–Crippen LogP) is 16.3. The van der Waals surface area contributed by atoms with Crippen LogP contribution in [0.15, 0.2) is 209 Å². The highest BCUT2D eigenvalue weighted by atomic mass is 16.3. The Labute approximate surface area is 348 Å². The summed E-state index contributed by atoms with van der Waals surface area (Å²) >= 11 is 0. The van der Waals surface area contributed by atoms with Crippen molar-refractivity contribution in [2.24, 2.45) is 0 Å². The molecule has 0 spiro atoms. The van der Waals surface area contributed by atoms with E-state index >= 15 is 0 Å². The van der Waals surface area contributed by atoms with Crippen molar-refractivity contribution in [3.63, 3.8) is 0 Å². The maximum absolute atomic E-state index is 6.97. The van der Waals surface area contributed by atoms with E-state index in [2.05, 4.69) is 213 Å². The SMILES string of the molecule is CC1(C)c2ccccc2-c2ccc(N(c3ccc(-c4ccc(-c5ccccc5)cc4)cc3)c3cccc4c3oc3cc5c(cc34)oc3cc(-c4ccccc4)ccc35)cc21. The molecule has 11 aromatic rings. The Bertz CT molecular complexity index is 3430. The summed E-state index contributed by atoms with van der Waals surface area (Å²) in [6, 6.07) is 71.8. The van der Waals surface area contributed by atoms with Gasteiger partial charge < -0.3 is 13.7 Å². The Balaban J connectivity index is 0.995. The molecule has 12 rings (SSSR count). The smallest absolute Gasteiger partial charge is 0.159 e. The third-order valence-electron chi connectivity index (χ3n) is 12.7. The lowest BCUT2D eigenvalue weighted by atomic mass is 9.82. The molecular formula is C57H39NO2. The Hall–Kier alpha value is -7.62. The van der Waals surface area contributed by atoms with Crippen molar-refractivity contribution in [3.8, 4) is 44.5 Å². The standard InChI is InChI=1S/C57H39NO2/c1-57(2)50-18-10-9-16-44(50)45-31-29-43(33-51(45)57)58(42-27-24-40(25-28-42)39-22-20-38(21-23-39)36-12-5-3-6-13-36)52-19-11-17-47-49-35-54-48(34-55(49)60-56(47)52)46-30-26-41(32-53(46)59-54)37-14-7-4-8-15-37/h3-35H,1-2H3. The molecule has 0 saturated carbocycles. The minimum Gasteiger partial charge on any atom is -0.456 e. The first-order valence-corrected chi connectivity index (χ1v) is 20.7. The van der Waals surface area contributed by atoms with Gasteiger partial charge in [-0.05, 0) is 110 Å². The molecule has 0 bridgehead atoms. The molecule has 0 fully saturated rings. The van der Waals surface area contributed by atoms with Crippen LogP contribution < -0.4 is 4.90 Å². The lowest BCUT2D eigenvalue weighted by Gasteiger charge is -2.28. The number of fused-ring (bicyclic) bond motifs is 9. The summed E-state index contributed by atoms with van der Waals surface area (Å²) in [5.74, 6) is 0. The number of para-hydroxylation sites is 1. The Morgan fingerprint density at radius 3 is 1.60 bits per heavy atom. The summed E-state index contributed by atoms with van der Waals surface area (Å²) < 4.78 is 13.5. The number of anilines is 3. The molecule has 1 aliphatic carbocycles. The number of nitrogens with zero attached hydrogens (tertiary/aromatic N) is 1. The van der Waals surface area contributed by atoms with Crippen molar-refractivity contribution >= 4 is 60.9 Å². The van der Waals surface area contributed by atoms with E-state index in [0.29, 0.717) is 0 Å². The largest absolute Gasteiger partial charge is 0.456 e. The summed E-state index contributed by atoms with van der Waals surface area (Å²) in [4.78, 5) is 2.36. The van der Waals surface area contributed by atoms with Gasteiger partial charge in [-0.3, -0.25) is 0 Å². The number of benzene rings is 9. The van der Waals surface area contributed by atoms with E-state index in [-0.39, 0.29) is 5.41 Å². The average molecular weight is 770 g/mol. The summed E-state index contributed by atoms with van der Waals surface area (Å²) in [5, 5.41) is 4.19. The molecule has 9 aromatic carbocycles. The highest BCUT2D eigenvalue weighted by Crippen LogP contribution is 2.51. The number of rotatable bonds is 6. The molecular weight excluding hydrogens is 731 g/mol. The second kappa shape index (κ2) is 13.2. The van der Waals surface area contributed by atoms with E-state index in [1.165, 1.54) is 44.5 Å². The molecule has 0 atom stereocenters. The lowest BCUT2D eigenvalue weighted by Crippen LogP contribution is -2.16. The van der Waals surface area contributed by atoms with E-state index in [1.54, 1.807) is 0 Å². The van der Waals surface area contributed by atoms with Crippen molar-refractivity contribution in [2.75, 3.05) is 4.90 Å². The minimum absolute atomic E-state index is 0.145. The Morgan fingerprint density at radius 2 is 0.883 bits per heavy atom. The van der Waals surface area contributed by atoms with E-state index in [9.17, 15) is 0 Å². The summed E-state index contributed by atoms with van der Waals surface area (Å²) in [7, 11) is 0. The molecule has 0 N–H and O–H groups in total. The van der Waals surface area contributed by atoms with E-state index < -0.39 is 0 Å². The fourth-order valence-corrected chi connectivity index (χ4v) is 9.59. The zero-order valence-corrected chi connectivity index (χ0v) is 33.3. The molecule has 0 unspecified atom stereocenters. The van der Waals surface area contributed by atoms with Crippen molar-refractivity contribution in [1.29, 1.82) is 0 Å². The van der Waals surface area contributed by atoms with Crippen LogP contribution in [0, 0.1) is 0 Å². The summed E-state index contributed by atoms with van der Waals surface area (Å²) in [6.07, 6.45) is 0. The van der Waals surface area contributed by atoms with Crippen LogP contribution in [0.1, 0.15) is 25.0 Å².